The molecule has 0 fully saturated rings. The zero-order valence-electron chi connectivity index (χ0n) is 5.24. The van der Waals surface area contributed by atoms with Crippen LogP contribution in [0.25, 0.3) is 0 Å². The molecule has 9 heavy (non-hydrogen) atoms. The van der Waals surface area contributed by atoms with E-state index in [1.165, 1.54) is 6.20 Å². The van der Waals surface area contributed by atoms with Crippen LogP contribution in [0.5, 0.6) is 0 Å². The topological polar surface area (TPSA) is 61.9 Å². The van der Waals surface area contributed by atoms with Gasteiger partial charge in [0, 0.05) is 12.7 Å². The van der Waals surface area contributed by atoms with Crippen LogP contribution >= 0.6 is 11.6 Å². The average molecular weight is 148 g/mol. The van der Waals surface area contributed by atoms with E-state index >= 15 is 0 Å². The molecule has 0 unspecified atom stereocenters. The highest BCUT2D eigenvalue weighted by atomic mass is 35.5. The first-order valence-electron chi connectivity index (χ1n) is 2.62. The molecule has 4 N–H and O–H groups in total. The lowest BCUT2D eigenvalue weighted by molar-refractivity contribution is 0.912. The molecule has 52 valence electrons. The zero-order chi connectivity index (χ0) is 7.28. The van der Waals surface area contributed by atoms with Gasteiger partial charge >= 0.3 is 0 Å². The number of hydrogen-bond acceptors (Lipinski definition) is 3. The summed E-state index contributed by atoms with van der Waals surface area (Å²) in [5, 5.41) is 9.50. The molecule has 0 aliphatic rings. The van der Waals surface area contributed by atoms with Crippen molar-refractivity contribution in [2.45, 2.75) is 6.92 Å². The molecule has 0 aliphatic carbocycles. The molecule has 0 aromatic rings. The summed E-state index contributed by atoms with van der Waals surface area (Å²) in [6, 6.07) is 0. The van der Waals surface area contributed by atoms with Gasteiger partial charge in [-0.15, -0.1) is 0 Å². The van der Waals surface area contributed by atoms with E-state index in [0.29, 0.717) is 0 Å². The van der Waals surface area contributed by atoms with Gasteiger partial charge in [-0.1, -0.05) is 11.6 Å². The zero-order valence-corrected chi connectivity index (χ0v) is 6.00. The first-order valence-corrected chi connectivity index (χ1v) is 2.99. The molecule has 0 heterocycles. The number of hydrogen-bond donors (Lipinski definition) is 3. The molecule has 4 heteroatoms. The Hall–Kier alpha value is -0.700. The standard InChI is InChI=1S/C5H10ClN3/c1-2-9-3-4(7)5(6)8/h3,8-9H,2,7H2,1H3/b4-3+,8-5?. The predicted molar refractivity (Wildman–Crippen MR) is 39.5 cm³/mol. The van der Waals surface area contributed by atoms with Gasteiger partial charge in [0.05, 0.1) is 5.70 Å². The molecule has 0 radical (unpaired) electrons. The van der Waals surface area contributed by atoms with Crippen LogP contribution in [0.15, 0.2) is 11.9 Å². The molecule has 3 nitrogen and oxygen atoms in total. The van der Waals surface area contributed by atoms with Crippen LogP contribution in [0.3, 0.4) is 0 Å². The number of allylic oxidation sites excluding steroid dienone is 1. The lowest BCUT2D eigenvalue weighted by atomic mass is 10.5. The largest absolute Gasteiger partial charge is 0.395 e. The van der Waals surface area contributed by atoms with Crippen LogP contribution in [0, 0.1) is 5.41 Å². The maximum Gasteiger partial charge on any atom is 0.145 e. The van der Waals surface area contributed by atoms with E-state index in [2.05, 4.69) is 5.32 Å². The van der Waals surface area contributed by atoms with Gasteiger partial charge in [-0.05, 0) is 6.92 Å². The van der Waals surface area contributed by atoms with Crippen LogP contribution in [0.1, 0.15) is 6.92 Å². The van der Waals surface area contributed by atoms with E-state index in [0.717, 1.165) is 6.54 Å². The van der Waals surface area contributed by atoms with Crippen molar-refractivity contribution in [2.24, 2.45) is 5.73 Å². The molecular formula is C5H10ClN3. The Balaban J connectivity index is 3.69. The van der Waals surface area contributed by atoms with Crippen molar-refractivity contribution < 1.29 is 0 Å². The summed E-state index contributed by atoms with van der Waals surface area (Å²) in [5.41, 5.74) is 5.51. The van der Waals surface area contributed by atoms with Gasteiger partial charge in [-0.3, -0.25) is 5.41 Å². The SMILES string of the molecule is CCN/C=C(/N)C(=N)Cl. The molecule has 0 saturated carbocycles. The quantitative estimate of drug-likeness (QED) is 0.513. The van der Waals surface area contributed by atoms with Crippen LogP contribution in [-0.2, 0) is 0 Å². The van der Waals surface area contributed by atoms with E-state index in [1.807, 2.05) is 6.92 Å². The molecular weight excluding hydrogens is 138 g/mol. The lowest BCUT2D eigenvalue weighted by Gasteiger charge is -1.95. The van der Waals surface area contributed by atoms with Gasteiger partial charge in [-0.2, -0.15) is 0 Å². The number of nitrogens with one attached hydrogen (secondary N) is 2. The Kier molecular flexibility index (Phi) is 3.88. The second-order valence-electron chi connectivity index (χ2n) is 1.47. The summed E-state index contributed by atoms with van der Waals surface area (Å²) in [7, 11) is 0. The summed E-state index contributed by atoms with van der Waals surface area (Å²) < 4.78 is 0. The normalized spacial score (nSPS) is 11.1. The fraction of sp³-hybridized carbons (Fsp3) is 0.400. The lowest BCUT2D eigenvalue weighted by Crippen LogP contribution is -2.11. The Morgan fingerprint density at radius 1 is 1.89 bits per heavy atom. The molecule has 0 rings (SSSR count). The third kappa shape index (κ3) is 3.85. The molecule has 0 aromatic carbocycles. The van der Waals surface area contributed by atoms with Crippen molar-refractivity contribution in [1.82, 2.24) is 5.32 Å². The second-order valence-corrected chi connectivity index (χ2v) is 1.85. The van der Waals surface area contributed by atoms with Crippen molar-refractivity contribution in [3.05, 3.63) is 11.9 Å². The minimum absolute atomic E-state index is 0.129. The van der Waals surface area contributed by atoms with Gasteiger partial charge < -0.3 is 11.1 Å². The first-order chi connectivity index (χ1) is 4.18. The predicted octanol–water partition coefficient (Wildman–Crippen LogP) is 0.612. The Morgan fingerprint density at radius 2 is 2.44 bits per heavy atom. The summed E-state index contributed by atoms with van der Waals surface area (Å²) in [5.74, 6) is 0. The third-order valence-electron chi connectivity index (χ3n) is 0.715. The van der Waals surface area contributed by atoms with Crippen molar-refractivity contribution in [2.75, 3.05) is 6.54 Å². The van der Waals surface area contributed by atoms with E-state index in [-0.39, 0.29) is 10.9 Å². The van der Waals surface area contributed by atoms with E-state index in [4.69, 9.17) is 22.7 Å². The average Bonchev–Trinajstić information content (AvgIpc) is 1.82. The van der Waals surface area contributed by atoms with E-state index < -0.39 is 0 Å². The number of nitrogens with two attached hydrogens (primary N) is 1. The summed E-state index contributed by atoms with van der Waals surface area (Å²) in [4.78, 5) is 0. The molecule has 0 atom stereocenters. The third-order valence-corrected chi connectivity index (χ3v) is 0.933. The van der Waals surface area contributed by atoms with Gasteiger partial charge in [0.15, 0.2) is 0 Å². The molecule has 0 aromatic heterocycles. The maximum atomic E-state index is 6.81. The maximum absolute atomic E-state index is 6.81. The first kappa shape index (κ1) is 8.30. The monoisotopic (exact) mass is 147 g/mol. The van der Waals surface area contributed by atoms with Gasteiger partial charge in [0.1, 0.15) is 5.17 Å². The van der Waals surface area contributed by atoms with Crippen LogP contribution in [0.2, 0.25) is 0 Å². The van der Waals surface area contributed by atoms with Crippen LogP contribution in [-0.4, -0.2) is 11.7 Å². The highest BCUT2D eigenvalue weighted by molar-refractivity contribution is 6.68. The van der Waals surface area contributed by atoms with Gasteiger partial charge in [-0.25, -0.2) is 0 Å². The highest BCUT2D eigenvalue weighted by Crippen LogP contribution is 1.88. The Bertz CT molecular complexity index is 130. The summed E-state index contributed by atoms with van der Waals surface area (Å²) in [6.07, 6.45) is 1.51. The number of halogens is 1. The molecule has 0 bridgehead atoms. The molecule has 0 amide bonds. The van der Waals surface area contributed by atoms with Crippen molar-refractivity contribution in [1.29, 1.82) is 5.41 Å². The fourth-order valence-corrected chi connectivity index (χ4v) is 0.330. The molecule has 0 saturated heterocycles. The van der Waals surface area contributed by atoms with Crippen molar-refractivity contribution in [3.8, 4) is 0 Å². The molecule has 0 spiro atoms. The minimum Gasteiger partial charge on any atom is -0.395 e. The van der Waals surface area contributed by atoms with Crippen LogP contribution < -0.4 is 11.1 Å². The van der Waals surface area contributed by atoms with Gasteiger partial charge in [0.25, 0.3) is 0 Å². The number of rotatable bonds is 3. The minimum atomic E-state index is -0.129. The van der Waals surface area contributed by atoms with Gasteiger partial charge in [0.2, 0.25) is 0 Å². The summed E-state index contributed by atoms with van der Waals surface area (Å²) >= 11 is 5.21. The smallest absolute Gasteiger partial charge is 0.145 e. The van der Waals surface area contributed by atoms with E-state index in [9.17, 15) is 0 Å². The van der Waals surface area contributed by atoms with E-state index in [1.54, 1.807) is 0 Å². The second kappa shape index (κ2) is 4.21. The van der Waals surface area contributed by atoms with Crippen LogP contribution in [0.4, 0.5) is 0 Å². The molecule has 0 aliphatic heterocycles. The summed E-state index contributed by atoms with van der Waals surface area (Å²) in [6.45, 7) is 2.71. The Labute approximate surface area is 59.4 Å². The van der Waals surface area contributed by atoms with Crippen molar-refractivity contribution in [3.63, 3.8) is 0 Å². The fourth-order valence-electron chi connectivity index (χ4n) is 0.275. The Morgan fingerprint density at radius 3 is 2.78 bits per heavy atom. The highest BCUT2D eigenvalue weighted by Gasteiger charge is 1.91. The van der Waals surface area contributed by atoms with Crippen molar-refractivity contribution >= 4 is 16.8 Å².